The molecule has 0 spiro atoms. The number of hydrogen-bond acceptors (Lipinski definition) is 10. The smallest absolute Gasteiger partial charge is 0.281 e. The number of rotatable bonds is 14. The molecular formula is C31H42N8O4S. The van der Waals surface area contributed by atoms with E-state index >= 15 is 0 Å². The SMILES string of the molecule is CCCNc1cccc(S(=O)(=O)NC(=O)c2ccc(-n3ccc(OCCC(C4CC4)C4CC4)n3)nc2N2NCCC2(C)C)n1. The molecule has 2 aliphatic carbocycles. The number of nitrogens with one attached hydrogen (secondary N) is 3. The third-order valence-electron chi connectivity index (χ3n) is 8.67. The summed E-state index contributed by atoms with van der Waals surface area (Å²) in [6.45, 7) is 8.04. The van der Waals surface area contributed by atoms with Gasteiger partial charge in [-0.2, -0.15) is 8.42 Å². The van der Waals surface area contributed by atoms with Crippen LogP contribution >= 0.6 is 0 Å². The molecule has 6 rings (SSSR count). The number of carbonyl (C=O) groups excluding carboxylic acids is 1. The molecule has 13 heteroatoms. The van der Waals surface area contributed by atoms with Crippen molar-refractivity contribution in [3.05, 3.63) is 48.2 Å². The van der Waals surface area contributed by atoms with E-state index in [4.69, 9.17) is 9.72 Å². The first-order valence-electron chi connectivity index (χ1n) is 15.7. The Bertz CT molecular complexity index is 1590. The molecule has 236 valence electrons. The van der Waals surface area contributed by atoms with Gasteiger partial charge in [0.25, 0.3) is 15.9 Å². The van der Waals surface area contributed by atoms with Crippen LogP contribution in [0.4, 0.5) is 11.6 Å². The number of nitrogens with zero attached hydrogens (tertiary/aromatic N) is 5. The molecule has 0 radical (unpaired) electrons. The topological polar surface area (TPSA) is 143 Å². The molecule has 1 saturated heterocycles. The highest BCUT2D eigenvalue weighted by atomic mass is 32.2. The van der Waals surface area contributed by atoms with Crippen LogP contribution in [0.1, 0.15) is 76.1 Å². The van der Waals surface area contributed by atoms with E-state index in [9.17, 15) is 13.2 Å². The summed E-state index contributed by atoms with van der Waals surface area (Å²) in [6.07, 6.45) is 9.92. The number of sulfonamides is 1. The summed E-state index contributed by atoms with van der Waals surface area (Å²) in [4.78, 5) is 22.5. The van der Waals surface area contributed by atoms with Gasteiger partial charge >= 0.3 is 0 Å². The van der Waals surface area contributed by atoms with E-state index in [-0.39, 0.29) is 16.1 Å². The molecule has 3 N–H and O–H groups in total. The Hall–Kier alpha value is -3.71. The van der Waals surface area contributed by atoms with Crippen molar-refractivity contribution in [1.29, 1.82) is 0 Å². The summed E-state index contributed by atoms with van der Waals surface area (Å²) in [6, 6.07) is 9.66. The minimum Gasteiger partial charge on any atom is -0.477 e. The normalized spacial score (nSPS) is 18.0. The minimum absolute atomic E-state index is 0.106. The molecule has 1 amide bonds. The number of hydrazine groups is 1. The Morgan fingerprint density at radius 1 is 1.11 bits per heavy atom. The summed E-state index contributed by atoms with van der Waals surface area (Å²) in [5.41, 5.74) is 3.03. The van der Waals surface area contributed by atoms with Crippen LogP contribution in [0.5, 0.6) is 5.88 Å². The Kier molecular flexibility index (Phi) is 8.51. The van der Waals surface area contributed by atoms with Crippen molar-refractivity contribution in [2.45, 2.75) is 76.3 Å². The molecule has 3 aromatic rings. The van der Waals surface area contributed by atoms with Gasteiger partial charge in [0.2, 0.25) is 5.88 Å². The standard InChI is InChI=1S/C31H42N8O4S/c1-4-17-32-25-6-5-7-28(34-25)44(41,42)37-30(40)24-12-13-26(35-29(24)39-31(2,3)16-18-33-39)38-19-14-27(36-38)43-20-15-23(21-8-9-21)22-10-11-22/h5-7,12-14,19,21-23,33H,4,8-11,15-18,20H2,1-3H3,(H,32,34)(H,37,40). The molecule has 3 fully saturated rings. The quantitative estimate of drug-likeness (QED) is 0.238. The van der Waals surface area contributed by atoms with Crippen LogP contribution in [0.2, 0.25) is 0 Å². The number of carbonyl (C=O) groups is 1. The van der Waals surface area contributed by atoms with Gasteiger partial charge in [0, 0.05) is 25.4 Å². The third kappa shape index (κ3) is 6.83. The third-order valence-corrected chi connectivity index (χ3v) is 9.90. The highest BCUT2D eigenvalue weighted by Gasteiger charge is 2.41. The predicted octanol–water partition coefficient (Wildman–Crippen LogP) is 4.30. The van der Waals surface area contributed by atoms with Gasteiger partial charge < -0.3 is 10.1 Å². The number of amides is 1. The number of hydrogen-bond donors (Lipinski definition) is 3. The molecule has 1 aliphatic heterocycles. The number of pyridine rings is 2. The van der Waals surface area contributed by atoms with Crippen molar-refractivity contribution in [2.75, 3.05) is 30.0 Å². The van der Waals surface area contributed by atoms with Gasteiger partial charge in [-0.1, -0.05) is 13.0 Å². The van der Waals surface area contributed by atoms with E-state index in [1.807, 2.05) is 31.8 Å². The average molecular weight is 623 g/mol. The summed E-state index contributed by atoms with van der Waals surface area (Å²) >= 11 is 0. The number of ether oxygens (including phenoxy) is 1. The van der Waals surface area contributed by atoms with Crippen LogP contribution in [0.3, 0.4) is 0 Å². The van der Waals surface area contributed by atoms with E-state index in [0.717, 1.165) is 37.0 Å². The van der Waals surface area contributed by atoms with Crippen molar-refractivity contribution in [3.63, 3.8) is 0 Å². The van der Waals surface area contributed by atoms with Gasteiger partial charge in [-0.25, -0.2) is 24.8 Å². The highest BCUT2D eigenvalue weighted by molar-refractivity contribution is 7.90. The fourth-order valence-corrected chi connectivity index (χ4v) is 6.87. The Balaban J connectivity index is 1.21. The molecule has 44 heavy (non-hydrogen) atoms. The van der Waals surface area contributed by atoms with Crippen LogP contribution in [0.25, 0.3) is 5.82 Å². The first kappa shape index (κ1) is 30.3. The monoisotopic (exact) mass is 622 g/mol. The molecule has 0 aromatic carbocycles. The van der Waals surface area contributed by atoms with Crippen LogP contribution in [-0.4, -0.2) is 59.3 Å². The zero-order valence-electron chi connectivity index (χ0n) is 25.6. The van der Waals surface area contributed by atoms with Crippen LogP contribution < -0.4 is 25.2 Å². The first-order chi connectivity index (χ1) is 21.1. The van der Waals surface area contributed by atoms with Gasteiger partial charge in [-0.05, 0) is 101 Å². The maximum atomic E-state index is 13.5. The molecule has 12 nitrogen and oxygen atoms in total. The van der Waals surface area contributed by atoms with Gasteiger partial charge in [0.1, 0.15) is 5.82 Å². The number of anilines is 2. The van der Waals surface area contributed by atoms with Crippen LogP contribution in [-0.2, 0) is 10.0 Å². The van der Waals surface area contributed by atoms with Crippen molar-refractivity contribution in [1.82, 2.24) is 29.9 Å². The van der Waals surface area contributed by atoms with E-state index in [1.165, 1.54) is 31.7 Å². The Morgan fingerprint density at radius 2 is 1.89 bits per heavy atom. The molecule has 4 heterocycles. The lowest BCUT2D eigenvalue weighted by atomic mass is 9.95. The van der Waals surface area contributed by atoms with E-state index in [0.29, 0.717) is 43.0 Å². The number of aromatic nitrogens is 4. The molecule has 3 aliphatic rings. The average Bonchev–Trinajstić information content (AvgIpc) is 3.94. The van der Waals surface area contributed by atoms with Gasteiger partial charge in [0.05, 0.1) is 17.7 Å². The molecule has 0 bridgehead atoms. The second-order valence-corrected chi connectivity index (χ2v) is 14.3. The summed E-state index contributed by atoms with van der Waals surface area (Å²) in [5.74, 6) is 3.46. The molecule has 0 atom stereocenters. The second kappa shape index (κ2) is 12.4. The van der Waals surface area contributed by atoms with E-state index in [2.05, 4.69) is 25.5 Å². The zero-order valence-corrected chi connectivity index (χ0v) is 26.4. The largest absolute Gasteiger partial charge is 0.477 e. The van der Waals surface area contributed by atoms with Crippen molar-refractivity contribution >= 4 is 27.6 Å². The molecule has 3 aromatic heterocycles. The van der Waals surface area contributed by atoms with Crippen molar-refractivity contribution in [2.24, 2.45) is 17.8 Å². The maximum absolute atomic E-state index is 13.5. The lowest BCUT2D eigenvalue weighted by molar-refractivity contribution is 0.0981. The zero-order chi connectivity index (χ0) is 30.9. The first-order valence-corrected chi connectivity index (χ1v) is 17.1. The molecule has 2 saturated carbocycles. The van der Waals surface area contributed by atoms with E-state index in [1.54, 1.807) is 35.1 Å². The fourth-order valence-electron chi connectivity index (χ4n) is 5.94. The fraction of sp³-hybridized carbons (Fsp3) is 0.548. The highest BCUT2D eigenvalue weighted by Crippen LogP contribution is 2.50. The van der Waals surface area contributed by atoms with Crippen LogP contribution in [0, 0.1) is 17.8 Å². The summed E-state index contributed by atoms with van der Waals surface area (Å²) in [7, 11) is -4.25. The summed E-state index contributed by atoms with van der Waals surface area (Å²) < 4.78 is 36.2. The van der Waals surface area contributed by atoms with Crippen LogP contribution in [0.15, 0.2) is 47.6 Å². The van der Waals surface area contributed by atoms with Crippen molar-refractivity contribution < 1.29 is 17.9 Å². The lowest BCUT2D eigenvalue weighted by Gasteiger charge is -2.33. The Labute approximate surface area is 259 Å². The predicted molar refractivity (Wildman–Crippen MR) is 167 cm³/mol. The Morgan fingerprint density at radius 3 is 2.57 bits per heavy atom. The second-order valence-electron chi connectivity index (χ2n) is 12.6. The minimum atomic E-state index is -4.25. The molecule has 0 unspecified atom stereocenters. The van der Waals surface area contributed by atoms with Gasteiger partial charge in [0.15, 0.2) is 16.7 Å². The van der Waals surface area contributed by atoms with Crippen molar-refractivity contribution in [3.8, 4) is 11.7 Å². The van der Waals surface area contributed by atoms with E-state index < -0.39 is 15.9 Å². The molecular weight excluding hydrogens is 580 g/mol. The van der Waals surface area contributed by atoms with Gasteiger partial charge in [-0.15, -0.1) is 5.10 Å². The lowest BCUT2D eigenvalue weighted by Crippen LogP contribution is -2.46. The maximum Gasteiger partial charge on any atom is 0.281 e. The van der Waals surface area contributed by atoms with Gasteiger partial charge in [-0.3, -0.25) is 9.80 Å². The summed E-state index contributed by atoms with van der Waals surface area (Å²) in [5, 5.41) is 9.23.